The highest BCUT2D eigenvalue weighted by molar-refractivity contribution is 9.10. The number of likely N-dealkylation sites (N-methyl/N-ethyl adjacent to an activating group) is 1. The van der Waals surface area contributed by atoms with Crippen LogP contribution in [-0.4, -0.2) is 43.7 Å². The summed E-state index contributed by atoms with van der Waals surface area (Å²) in [7, 11) is 2.05. The number of hydrogen-bond acceptors (Lipinski definition) is 3. The largest absolute Gasteiger partial charge is 0.314 e. The zero-order valence-electron chi connectivity index (χ0n) is 12.0. The Bertz CT molecular complexity index is 414. The molecule has 0 aliphatic carbocycles. The van der Waals surface area contributed by atoms with E-state index in [4.69, 9.17) is 0 Å². The van der Waals surface area contributed by atoms with Gasteiger partial charge in [-0.1, -0.05) is 34.1 Å². The molecule has 2 N–H and O–H groups in total. The van der Waals surface area contributed by atoms with Crippen LogP contribution in [0.3, 0.4) is 0 Å². The molecule has 1 saturated heterocycles. The highest BCUT2D eigenvalue weighted by Gasteiger charge is 2.36. The molecule has 1 aromatic rings. The van der Waals surface area contributed by atoms with Crippen LogP contribution in [0.25, 0.3) is 0 Å². The van der Waals surface area contributed by atoms with Crippen LogP contribution in [0, 0.1) is 0 Å². The quantitative estimate of drug-likeness (QED) is 0.890. The van der Waals surface area contributed by atoms with Gasteiger partial charge in [0.2, 0.25) is 0 Å². The fraction of sp³-hybridized carbons (Fsp3) is 0.600. The van der Waals surface area contributed by atoms with E-state index < -0.39 is 0 Å². The molecule has 1 heterocycles. The van der Waals surface area contributed by atoms with Crippen molar-refractivity contribution in [1.29, 1.82) is 0 Å². The average Bonchev–Trinajstić information content (AvgIpc) is 2.42. The molecule has 1 fully saturated rings. The van der Waals surface area contributed by atoms with Crippen molar-refractivity contribution < 1.29 is 0 Å². The number of piperazine rings is 1. The lowest BCUT2D eigenvalue weighted by Crippen LogP contribution is -2.58. The van der Waals surface area contributed by atoms with Crippen molar-refractivity contribution in [2.75, 3.05) is 33.2 Å². The number of benzene rings is 1. The van der Waals surface area contributed by atoms with Crippen molar-refractivity contribution in [2.45, 2.75) is 25.4 Å². The lowest BCUT2D eigenvalue weighted by Gasteiger charge is -2.46. The van der Waals surface area contributed by atoms with Gasteiger partial charge in [0.1, 0.15) is 0 Å². The highest BCUT2D eigenvalue weighted by atomic mass is 79.9. The molecule has 0 saturated carbocycles. The van der Waals surface area contributed by atoms with Crippen LogP contribution in [0.2, 0.25) is 0 Å². The molecule has 2 rings (SSSR count). The zero-order valence-corrected chi connectivity index (χ0v) is 13.6. The molecule has 0 radical (unpaired) electrons. The molecule has 19 heavy (non-hydrogen) atoms. The number of rotatable bonds is 4. The first-order chi connectivity index (χ1) is 9.07. The molecule has 106 valence electrons. The van der Waals surface area contributed by atoms with Crippen molar-refractivity contribution in [1.82, 2.24) is 15.5 Å². The number of nitrogens with one attached hydrogen (secondary N) is 2. The predicted octanol–water partition coefficient (Wildman–Crippen LogP) is 2.39. The monoisotopic (exact) mass is 325 g/mol. The van der Waals surface area contributed by atoms with Gasteiger partial charge in [0.25, 0.3) is 0 Å². The molecule has 1 aliphatic heterocycles. The van der Waals surface area contributed by atoms with Gasteiger partial charge in [-0.05, 0) is 32.5 Å². The number of hydrogen-bond donors (Lipinski definition) is 2. The molecule has 0 amide bonds. The third kappa shape index (κ3) is 3.19. The summed E-state index contributed by atoms with van der Waals surface area (Å²) in [5, 5.41) is 6.93. The van der Waals surface area contributed by atoms with Crippen molar-refractivity contribution in [3.63, 3.8) is 0 Å². The normalized spacial score (nSPS) is 19.4. The van der Waals surface area contributed by atoms with Crippen LogP contribution < -0.4 is 10.6 Å². The molecule has 1 aliphatic rings. The van der Waals surface area contributed by atoms with E-state index in [9.17, 15) is 0 Å². The molecule has 1 atom stereocenters. The number of halogens is 1. The minimum Gasteiger partial charge on any atom is -0.314 e. The number of nitrogens with zero attached hydrogens (tertiary/aromatic N) is 1. The fourth-order valence-electron chi connectivity index (χ4n) is 3.02. The third-order valence-electron chi connectivity index (χ3n) is 4.14. The smallest absolute Gasteiger partial charge is 0.0510 e. The standard InChI is InChI=1S/C15H24BrN3/c1-15(2,19-10-8-18-9-11-19)14(17-3)12-6-4-5-7-13(12)16/h4-7,14,17-18H,8-11H2,1-3H3. The van der Waals surface area contributed by atoms with E-state index in [0.717, 1.165) is 26.2 Å². The third-order valence-corrected chi connectivity index (χ3v) is 4.87. The summed E-state index contributed by atoms with van der Waals surface area (Å²) in [6, 6.07) is 8.81. The Morgan fingerprint density at radius 1 is 1.26 bits per heavy atom. The van der Waals surface area contributed by atoms with Crippen LogP contribution >= 0.6 is 15.9 Å². The Morgan fingerprint density at radius 3 is 2.47 bits per heavy atom. The Balaban J connectivity index is 2.27. The minimum absolute atomic E-state index is 0.0841. The molecular weight excluding hydrogens is 302 g/mol. The van der Waals surface area contributed by atoms with Gasteiger partial charge in [0.05, 0.1) is 6.04 Å². The topological polar surface area (TPSA) is 27.3 Å². The summed E-state index contributed by atoms with van der Waals surface area (Å²) in [5.74, 6) is 0. The fourth-order valence-corrected chi connectivity index (χ4v) is 3.54. The van der Waals surface area contributed by atoms with E-state index in [1.54, 1.807) is 0 Å². The summed E-state index contributed by atoms with van der Waals surface area (Å²) >= 11 is 3.68. The van der Waals surface area contributed by atoms with E-state index in [0.29, 0.717) is 6.04 Å². The maximum absolute atomic E-state index is 3.68. The maximum Gasteiger partial charge on any atom is 0.0510 e. The van der Waals surface area contributed by atoms with E-state index in [1.807, 2.05) is 7.05 Å². The van der Waals surface area contributed by atoms with Crippen LogP contribution in [0.1, 0.15) is 25.5 Å². The summed E-state index contributed by atoms with van der Waals surface area (Å²) in [5.41, 5.74) is 1.41. The van der Waals surface area contributed by atoms with Gasteiger partial charge in [0.15, 0.2) is 0 Å². The Kier molecular flexibility index (Phi) is 5.01. The molecule has 1 aromatic carbocycles. The Morgan fingerprint density at radius 2 is 1.89 bits per heavy atom. The van der Waals surface area contributed by atoms with Crippen molar-refractivity contribution in [2.24, 2.45) is 0 Å². The summed E-state index contributed by atoms with van der Waals surface area (Å²) in [6.07, 6.45) is 0. The summed E-state index contributed by atoms with van der Waals surface area (Å²) in [4.78, 5) is 2.57. The van der Waals surface area contributed by atoms with Crippen LogP contribution in [-0.2, 0) is 0 Å². The van der Waals surface area contributed by atoms with E-state index in [-0.39, 0.29) is 5.54 Å². The van der Waals surface area contributed by atoms with Crippen molar-refractivity contribution >= 4 is 15.9 Å². The van der Waals surface area contributed by atoms with E-state index >= 15 is 0 Å². The molecule has 0 spiro atoms. The minimum atomic E-state index is 0.0841. The molecule has 0 aromatic heterocycles. The van der Waals surface area contributed by atoms with Crippen LogP contribution in [0.5, 0.6) is 0 Å². The Labute approximate surface area is 124 Å². The second-order valence-corrected chi connectivity index (χ2v) is 6.49. The summed E-state index contributed by atoms with van der Waals surface area (Å²) in [6.45, 7) is 9.04. The lowest BCUT2D eigenvalue weighted by molar-refractivity contribution is 0.0697. The first-order valence-electron chi connectivity index (χ1n) is 6.95. The van der Waals surface area contributed by atoms with E-state index in [2.05, 4.69) is 69.6 Å². The van der Waals surface area contributed by atoms with Gasteiger partial charge in [0, 0.05) is 36.2 Å². The average molecular weight is 326 g/mol. The van der Waals surface area contributed by atoms with Gasteiger partial charge >= 0.3 is 0 Å². The SMILES string of the molecule is CNC(c1ccccc1Br)C(C)(C)N1CCNCC1. The maximum atomic E-state index is 3.68. The van der Waals surface area contributed by atoms with Crippen LogP contribution in [0.4, 0.5) is 0 Å². The molecule has 4 heteroatoms. The van der Waals surface area contributed by atoms with Crippen LogP contribution in [0.15, 0.2) is 28.7 Å². The van der Waals surface area contributed by atoms with Gasteiger partial charge in [-0.15, -0.1) is 0 Å². The van der Waals surface area contributed by atoms with Gasteiger partial charge in [-0.25, -0.2) is 0 Å². The second kappa shape index (κ2) is 6.35. The lowest BCUT2D eigenvalue weighted by atomic mass is 9.86. The Hall–Kier alpha value is -0.420. The van der Waals surface area contributed by atoms with E-state index in [1.165, 1.54) is 10.0 Å². The first-order valence-corrected chi connectivity index (χ1v) is 7.74. The molecular formula is C15H24BrN3. The molecule has 3 nitrogen and oxygen atoms in total. The second-order valence-electron chi connectivity index (χ2n) is 5.63. The van der Waals surface area contributed by atoms with Gasteiger partial charge < -0.3 is 10.6 Å². The van der Waals surface area contributed by atoms with Gasteiger partial charge in [-0.2, -0.15) is 0 Å². The highest BCUT2D eigenvalue weighted by Crippen LogP contribution is 2.34. The van der Waals surface area contributed by atoms with Gasteiger partial charge in [-0.3, -0.25) is 4.90 Å². The summed E-state index contributed by atoms with van der Waals surface area (Å²) < 4.78 is 1.18. The zero-order chi connectivity index (χ0) is 13.9. The predicted molar refractivity (Wildman–Crippen MR) is 84.5 cm³/mol. The molecule has 0 bridgehead atoms. The van der Waals surface area contributed by atoms with Crippen molar-refractivity contribution in [3.8, 4) is 0 Å². The molecule has 1 unspecified atom stereocenters. The van der Waals surface area contributed by atoms with Crippen molar-refractivity contribution in [3.05, 3.63) is 34.3 Å². The first kappa shape index (κ1) is 15.0.